The molecule has 2 rings (SSSR count). The second-order valence-corrected chi connectivity index (χ2v) is 7.81. The molecule has 0 amide bonds. The fraction of sp³-hybridized carbons (Fsp3) is 0.571. The van der Waals surface area contributed by atoms with Gasteiger partial charge in [0, 0.05) is 18.0 Å². The molecule has 1 atom stereocenters. The SMILES string of the molecule is CNCC1CCCN(S(=O)(=O)Nc2cccc(SC)c2)C1. The van der Waals surface area contributed by atoms with Crippen LogP contribution in [0.25, 0.3) is 0 Å². The molecule has 1 aliphatic heterocycles. The van der Waals surface area contributed by atoms with E-state index >= 15 is 0 Å². The largest absolute Gasteiger partial charge is 0.319 e. The van der Waals surface area contributed by atoms with Crippen LogP contribution in [0.1, 0.15) is 12.8 Å². The molecule has 2 N–H and O–H groups in total. The normalized spacial score (nSPS) is 20.4. The highest BCUT2D eigenvalue weighted by Crippen LogP contribution is 2.23. The van der Waals surface area contributed by atoms with Gasteiger partial charge in [0.15, 0.2) is 0 Å². The summed E-state index contributed by atoms with van der Waals surface area (Å²) in [6, 6.07) is 7.47. The molecule has 1 heterocycles. The minimum absolute atomic E-state index is 0.387. The number of anilines is 1. The maximum atomic E-state index is 12.5. The van der Waals surface area contributed by atoms with Crippen LogP contribution in [0, 0.1) is 5.92 Å². The Morgan fingerprint density at radius 1 is 1.43 bits per heavy atom. The molecule has 0 aliphatic carbocycles. The van der Waals surface area contributed by atoms with E-state index in [1.54, 1.807) is 22.1 Å². The molecule has 1 saturated heterocycles. The molecule has 7 heteroatoms. The first-order valence-corrected chi connectivity index (χ1v) is 9.78. The van der Waals surface area contributed by atoms with E-state index in [9.17, 15) is 8.42 Å². The number of hydrogen-bond donors (Lipinski definition) is 2. The molecule has 1 aromatic carbocycles. The molecular formula is C14H23N3O2S2. The van der Waals surface area contributed by atoms with Gasteiger partial charge in [-0.1, -0.05) is 6.07 Å². The van der Waals surface area contributed by atoms with Crippen LogP contribution in [-0.4, -0.2) is 45.7 Å². The Labute approximate surface area is 131 Å². The van der Waals surface area contributed by atoms with Crippen LogP contribution in [0.4, 0.5) is 5.69 Å². The number of benzene rings is 1. The van der Waals surface area contributed by atoms with E-state index in [1.165, 1.54) is 0 Å². The molecule has 1 unspecified atom stereocenters. The highest BCUT2D eigenvalue weighted by atomic mass is 32.2. The zero-order valence-electron chi connectivity index (χ0n) is 12.5. The lowest BCUT2D eigenvalue weighted by Crippen LogP contribution is -2.44. The molecule has 1 aliphatic rings. The maximum absolute atomic E-state index is 12.5. The monoisotopic (exact) mass is 329 g/mol. The summed E-state index contributed by atoms with van der Waals surface area (Å²) >= 11 is 1.59. The van der Waals surface area contributed by atoms with Gasteiger partial charge in [-0.25, -0.2) is 0 Å². The number of piperidine rings is 1. The van der Waals surface area contributed by atoms with Crippen LogP contribution in [0.5, 0.6) is 0 Å². The molecule has 0 saturated carbocycles. The zero-order chi connectivity index (χ0) is 15.3. The van der Waals surface area contributed by atoms with Gasteiger partial charge in [0.05, 0.1) is 5.69 Å². The number of nitrogens with one attached hydrogen (secondary N) is 2. The van der Waals surface area contributed by atoms with Crippen LogP contribution >= 0.6 is 11.8 Å². The summed E-state index contributed by atoms with van der Waals surface area (Å²) in [5.41, 5.74) is 0.623. The first kappa shape index (κ1) is 16.6. The maximum Gasteiger partial charge on any atom is 0.301 e. The van der Waals surface area contributed by atoms with Crippen LogP contribution in [0.3, 0.4) is 0 Å². The molecule has 1 fully saturated rings. The summed E-state index contributed by atoms with van der Waals surface area (Å²) in [6.45, 7) is 2.03. The summed E-state index contributed by atoms with van der Waals surface area (Å²) in [5, 5.41) is 3.13. The Kier molecular flexibility index (Phi) is 5.92. The van der Waals surface area contributed by atoms with E-state index in [0.717, 1.165) is 24.3 Å². The second kappa shape index (κ2) is 7.49. The number of hydrogen-bond acceptors (Lipinski definition) is 4. The van der Waals surface area contributed by atoms with Crippen molar-refractivity contribution in [1.82, 2.24) is 9.62 Å². The third-order valence-corrected chi connectivity index (χ3v) is 5.86. The summed E-state index contributed by atoms with van der Waals surface area (Å²) < 4.78 is 29.2. The number of thioether (sulfide) groups is 1. The standard InChI is InChI=1S/C14H23N3O2S2/c1-15-10-12-5-4-8-17(11-12)21(18,19)16-13-6-3-7-14(9-13)20-2/h3,6-7,9,12,15-16H,4-5,8,10-11H2,1-2H3. The van der Waals surface area contributed by atoms with Crippen molar-refractivity contribution in [2.45, 2.75) is 17.7 Å². The quantitative estimate of drug-likeness (QED) is 0.784. The van der Waals surface area contributed by atoms with E-state index in [-0.39, 0.29) is 0 Å². The van der Waals surface area contributed by atoms with Crippen molar-refractivity contribution in [2.24, 2.45) is 5.92 Å². The Balaban J connectivity index is 2.06. The minimum atomic E-state index is -3.47. The zero-order valence-corrected chi connectivity index (χ0v) is 14.1. The molecule has 1 aromatic rings. The van der Waals surface area contributed by atoms with E-state index in [1.807, 2.05) is 31.5 Å². The lowest BCUT2D eigenvalue weighted by molar-refractivity contribution is 0.264. The van der Waals surface area contributed by atoms with Crippen LogP contribution in [-0.2, 0) is 10.2 Å². The summed E-state index contributed by atoms with van der Waals surface area (Å²) in [5.74, 6) is 0.387. The van der Waals surface area contributed by atoms with Crippen molar-refractivity contribution in [1.29, 1.82) is 0 Å². The van der Waals surface area contributed by atoms with E-state index < -0.39 is 10.2 Å². The third kappa shape index (κ3) is 4.60. The molecule has 5 nitrogen and oxygen atoms in total. The Bertz CT molecular complexity index is 561. The van der Waals surface area contributed by atoms with Crippen molar-refractivity contribution >= 4 is 27.7 Å². The highest BCUT2D eigenvalue weighted by molar-refractivity contribution is 7.98. The Morgan fingerprint density at radius 2 is 2.24 bits per heavy atom. The van der Waals surface area contributed by atoms with Crippen molar-refractivity contribution in [3.63, 3.8) is 0 Å². The van der Waals surface area contributed by atoms with Crippen LogP contribution in [0.2, 0.25) is 0 Å². The predicted octanol–water partition coefficient (Wildman–Crippen LogP) is 2.00. The van der Waals surface area contributed by atoms with Crippen molar-refractivity contribution in [3.05, 3.63) is 24.3 Å². The van der Waals surface area contributed by atoms with Gasteiger partial charge in [-0.2, -0.15) is 12.7 Å². The average Bonchev–Trinajstić information content (AvgIpc) is 2.48. The first-order valence-electron chi connectivity index (χ1n) is 7.11. The van der Waals surface area contributed by atoms with Gasteiger partial charge in [-0.05, 0) is 56.8 Å². The Morgan fingerprint density at radius 3 is 2.95 bits per heavy atom. The van der Waals surface area contributed by atoms with Crippen molar-refractivity contribution in [3.8, 4) is 0 Å². The van der Waals surface area contributed by atoms with Gasteiger partial charge in [-0.3, -0.25) is 4.72 Å². The summed E-state index contributed by atoms with van der Waals surface area (Å²) in [7, 11) is -1.56. The molecule has 0 bridgehead atoms. The van der Waals surface area contributed by atoms with E-state index in [0.29, 0.717) is 24.7 Å². The van der Waals surface area contributed by atoms with Gasteiger partial charge < -0.3 is 5.32 Å². The summed E-state index contributed by atoms with van der Waals surface area (Å²) in [4.78, 5) is 1.04. The second-order valence-electron chi connectivity index (χ2n) is 5.26. The molecule has 0 aromatic heterocycles. The molecular weight excluding hydrogens is 306 g/mol. The van der Waals surface area contributed by atoms with Gasteiger partial charge in [0.1, 0.15) is 0 Å². The van der Waals surface area contributed by atoms with E-state index in [4.69, 9.17) is 0 Å². The lowest BCUT2D eigenvalue weighted by atomic mass is 10.00. The average molecular weight is 329 g/mol. The fourth-order valence-electron chi connectivity index (χ4n) is 2.60. The number of nitrogens with zero attached hydrogens (tertiary/aromatic N) is 1. The van der Waals surface area contributed by atoms with E-state index in [2.05, 4.69) is 10.0 Å². The lowest BCUT2D eigenvalue weighted by Gasteiger charge is -2.31. The van der Waals surface area contributed by atoms with Crippen molar-refractivity contribution in [2.75, 3.05) is 37.7 Å². The smallest absolute Gasteiger partial charge is 0.301 e. The third-order valence-electron chi connectivity index (χ3n) is 3.63. The molecule has 0 radical (unpaired) electrons. The van der Waals surface area contributed by atoms with Gasteiger partial charge in [0.25, 0.3) is 0 Å². The molecule has 21 heavy (non-hydrogen) atoms. The topological polar surface area (TPSA) is 61.4 Å². The van der Waals surface area contributed by atoms with Gasteiger partial charge >= 0.3 is 10.2 Å². The highest BCUT2D eigenvalue weighted by Gasteiger charge is 2.28. The molecule has 118 valence electrons. The predicted molar refractivity (Wildman–Crippen MR) is 89.0 cm³/mol. The number of rotatable bonds is 6. The fourth-order valence-corrected chi connectivity index (χ4v) is 4.39. The molecule has 0 spiro atoms. The first-order chi connectivity index (χ1) is 10.0. The Hall–Kier alpha value is -0.760. The minimum Gasteiger partial charge on any atom is -0.319 e. The van der Waals surface area contributed by atoms with Crippen molar-refractivity contribution < 1.29 is 8.42 Å². The van der Waals surface area contributed by atoms with Gasteiger partial charge in [-0.15, -0.1) is 11.8 Å². The summed E-state index contributed by atoms with van der Waals surface area (Å²) in [6.07, 6.45) is 3.97. The van der Waals surface area contributed by atoms with Crippen LogP contribution in [0.15, 0.2) is 29.2 Å². The van der Waals surface area contributed by atoms with Crippen LogP contribution < -0.4 is 10.0 Å². The van der Waals surface area contributed by atoms with Gasteiger partial charge in [0.2, 0.25) is 0 Å².